The van der Waals surface area contributed by atoms with Gasteiger partial charge in [-0.05, 0) is 66.0 Å². The fourth-order valence-electron chi connectivity index (χ4n) is 4.83. The van der Waals surface area contributed by atoms with E-state index in [4.69, 9.17) is 9.47 Å². The Hall–Kier alpha value is -3.88. The molecule has 45 heavy (non-hydrogen) atoms. The maximum Gasteiger partial charge on any atom is 0.408 e. The van der Waals surface area contributed by atoms with Gasteiger partial charge in [-0.2, -0.15) is 0 Å². The van der Waals surface area contributed by atoms with E-state index in [1.807, 2.05) is 55.5 Å². The molecule has 0 aliphatic carbocycles. The Labute approximate surface area is 269 Å². The van der Waals surface area contributed by atoms with Gasteiger partial charge in [0.2, 0.25) is 11.8 Å². The summed E-state index contributed by atoms with van der Waals surface area (Å²) in [6.45, 7) is 14.5. The summed E-state index contributed by atoms with van der Waals surface area (Å²) in [5, 5.41) is 5.47. The SMILES string of the molecule is CCCCCCCN(C(=O)CNC(=O)OC(C)(C)C)C(C(=O)NC(Cc1ccccc1)C(=O)OC(C)(C)C)c1cccc(C)c1. The highest BCUT2D eigenvalue weighted by Crippen LogP contribution is 2.25. The van der Waals surface area contributed by atoms with Gasteiger partial charge in [0.15, 0.2) is 0 Å². The van der Waals surface area contributed by atoms with Gasteiger partial charge in [-0.25, -0.2) is 9.59 Å². The summed E-state index contributed by atoms with van der Waals surface area (Å²) in [5.74, 6) is -1.51. The van der Waals surface area contributed by atoms with E-state index < -0.39 is 47.2 Å². The molecule has 0 heterocycles. The number of nitrogens with one attached hydrogen (secondary N) is 2. The zero-order valence-corrected chi connectivity index (χ0v) is 28.4. The average Bonchev–Trinajstić information content (AvgIpc) is 2.93. The molecule has 2 aromatic carbocycles. The quantitative estimate of drug-likeness (QED) is 0.175. The Morgan fingerprint density at radius 3 is 2.07 bits per heavy atom. The van der Waals surface area contributed by atoms with Crippen LogP contribution >= 0.6 is 0 Å². The van der Waals surface area contributed by atoms with Crippen LogP contribution in [0.1, 0.15) is 103 Å². The number of rotatable bonds is 15. The fourth-order valence-corrected chi connectivity index (χ4v) is 4.83. The van der Waals surface area contributed by atoms with Crippen molar-refractivity contribution in [1.82, 2.24) is 15.5 Å². The second-order valence-corrected chi connectivity index (χ2v) is 13.5. The van der Waals surface area contributed by atoms with Crippen molar-refractivity contribution in [2.75, 3.05) is 13.1 Å². The first-order valence-corrected chi connectivity index (χ1v) is 16.0. The summed E-state index contributed by atoms with van der Waals surface area (Å²) in [5.41, 5.74) is 0.882. The van der Waals surface area contributed by atoms with Crippen molar-refractivity contribution in [2.24, 2.45) is 0 Å². The highest BCUT2D eigenvalue weighted by molar-refractivity contribution is 5.93. The van der Waals surface area contributed by atoms with Crippen LogP contribution in [0.3, 0.4) is 0 Å². The molecule has 9 nitrogen and oxygen atoms in total. The molecule has 0 aromatic heterocycles. The van der Waals surface area contributed by atoms with Gasteiger partial charge in [-0.3, -0.25) is 9.59 Å². The summed E-state index contributed by atoms with van der Waals surface area (Å²) < 4.78 is 11.0. The monoisotopic (exact) mass is 623 g/mol. The number of esters is 1. The number of hydrogen-bond donors (Lipinski definition) is 2. The summed E-state index contributed by atoms with van der Waals surface area (Å²) in [7, 11) is 0. The molecular formula is C36H53N3O6. The first-order valence-electron chi connectivity index (χ1n) is 16.0. The largest absolute Gasteiger partial charge is 0.458 e. The smallest absolute Gasteiger partial charge is 0.408 e. The molecule has 3 amide bonds. The van der Waals surface area contributed by atoms with E-state index in [1.54, 1.807) is 47.6 Å². The molecule has 2 N–H and O–H groups in total. The Morgan fingerprint density at radius 2 is 1.47 bits per heavy atom. The Morgan fingerprint density at radius 1 is 0.822 bits per heavy atom. The molecule has 9 heteroatoms. The maximum atomic E-state index is 14.3. The number of amides is 3. The lowest BCUT2D eigenvalue weighted by atomic mass is 9.99. The standard InChI is InChI=1S/C36H53N3O6/c1-9-10-11-12-16-22-39(30(40)25-37-34(43)45-36(6,7)8)31(28-21-17-18-26(2)23-28)32(41)38-29(33(42)44-35(3,4)5)24-27-19-14-13-15-20-27/h13-15,17-21,23,29,31H,9-12,16,22,24-25H2,1-8H3,(H,37,43)(H,38,41). The highest BCUT2D eigenvalue weighted by atomic mass is 16.6. The number of aryl methyl sites for hydroxylation is 1. The van der Waals surface area contributed by atoms with Crippen LogP contribution in [0.4, 0.5) is 4.79 Å². The van der Waals surface area contributed by atoms with Crippen molar-refractivity contribution in [3.8, 4) is 0 Å². The van der Waals surface area contributed by atoms with Gasteiger partial charge >= 0.3 is 12.1 Å². The van der Waals surface area contributed by atoms with Crippen LogP contribution in [-0.2, 0) is 30.3 Å². The molecule has 0 aliphatic heterocycles. The number of benzene rings is 2. The van der Waals surface area contributed by atoms with Gasteiger partial charge in [0.1, 0.15) is 29.8 Å². The highest BCUT2D eigenvalue weighted by Gasteiger charge is 2.35. The molecule has 0 radical (unpaired) electrons. The second kappa shape index (κ2) is 17.6. The molecule has 0 saturated heterocycles. The first kappa shape index (κ1) is 37.3. The predicted molar refractivity (Wildman–Crippen MR) is 177 cm³/mol. The minimum Gasteiger partial charge on any atom is -0.458 e. The van der Waals surface area contributed by atoms with E-state index in [0.717, 1.165) is 36.8 Å². The minimum atomic E-state index is -1.05. The third-order valence-electron chi connectivity index (χ3n) is 6.81. The van der Waals surface area contributed by atoms with Crippen LogP contribution in [0.5, 0.6) is 0 Å². The molecule has 0 aliphatic rings. The number of nitrogens with zero attached hydrogens (tertiary/aromatic N) is 1. The molecule has 248 valence electrons. The van der Waals surface area contributed by atoms with E-state index in [1.165, 1.54) is 4.90 Å². The molecule has 2 atom stereocenters. The normalized spacial score (nSPS) is 12.9. The number of carbonyl (C=O) groups excluding carboxylic acids is 4. The molecule has 0 fully saturated rings. The van der Waals surface area contributed by atoms with Crippen molar-refractivity contribution in [3.63, 3.8) is 0 Å². The Balaban J connectivity index is 2.47. The molecular weight excluding hydrogens is 570 g/mol. The van der Waals surface area contributed by atoms with Gasteiger partial charge in [0.05, 0.1) is 0 Å². The van der Waals surface area contributed by atoms with E-state index in [2.05, 4.69) is 17.6 Å². The van der Waals surface area contributed by atoms with E-state index >= 15 is 0 Å². The predicted octanol–water partition coefficient (Wildman–Crippen LogP) is 6.43. The fraction of sp³-hybridized carbons (Fsp3) is 0.556. The number of carbonyl (C=O) groups is 4. The lowest BCUT2D eigenvalue weighted by Crippen LogP contribution is -2.52. The summed E-state index contributed by atoms with van der Waals surface area (Å²) in [4.78, 5) is 55.4. The number of alkyl carbamates (subject to hydrolysis) is 1. The van der Waals surface area contributed by atoms with Gasteiger partial charge < -0.3 is 25.0 Å². The number of ether oxygens (including phenoxy) is 2. The van der Waals surface area contributed by atoms with Crippen LogP contribution in [0, 0.1) is 6.92 Å². The van der Waals surface area contributed by atoms with Crippen LogP contribution in [0.15, 0.2) is 54.6 Å². The van der Waals surface area contributed by atoms with Crippen LogP contribution < -0.4 is 10.6 Å². The lowest BCUT2D eigenvalue weighted by molar-refractivity contribution is -0.159. The molecule has 0 saturated carbocycles. The van der Waals surface area contributed by atoms with Crippen LogP contribution in [0.25, 0.3) is 0 Å². The maximum absolute atomic E-state index is 14.3. The zero-order chi connectivity index (χ0) is 33.6. The Bertz CT molecular complexity index is 1250. The van der Waals surface area contributed by atoms with Crippen molar-refractivity contribution in [3.05, 3.63) is 71.3 Å². The molecule has 2 rings (SSSR count). The van der Waals surface area contributed by atoms with Gasteiger partial charge in [-0.1, -0.05) is 92.8 Å². The van der Waals surface area contributed by atoms with E-state index in [9.17, 15) is 19.2 Å². The van der Waals surface area contributed by atoms with Gasteiger partial charge in [-0.15, -0.1) is 0 Å². The van der Waals surface area contributed by atoms with E-state index in [-0.39, 0.29) is 13.0 Å². The van der Waals surface area contributed by atoms with Crippen LogP contribution in [0.2, 0.25) is 0 Å². The van der Waals surface area contributed by atoms with Crippen LogP contribution in [-0.4, -0.2) is 59.1 Å². The van der Waals surface area contributed by atoms with Crippen molar-refractivity contribution in [2.45, 2.75) is 117 Å². The average molecular weight is 624 g/mol. The van der Waals surface area contributed by atoms with Crippen molar-refractivity contribution in [1.29, 1.82) is 0 Å². The van der Waals surface area contributed by atoms with Crippen molar-refractivity contribution >= 4 is 23.9 Å². The summed E-state index contributed by atoms with van der Waals surface area (Å²) in [6.07, 6.45) is 4.21. The van der Waals surface area contributed by atoms with E-state index in [0.29, 0.717) is 18.5 Å². The number of hydrogen-bond acceptors (Lipinski definition) is 6. The first-order chi connectivity index (χ1) is 21.1. The zero-order valence-electron chi connectivity index (χ0n) is 28.4. The Kier molecular flexibility index (Phi) is 14.6. The van der Waals surface area contributed by atoms with Gasteiger partial charge in [0, 0.05) is 13.0 Å². The second-order valence-electron chi connectivity index (χ2n) is 13.5. The lowest BCUT2D eigenvalue weighted by Gasteiger charge is -2.33. The minimum absolute atomic E-state index is 0.215. The summed E-state index contributed by atoms with van der Waals surface area (Å²) >= 11 is 0. The molecule has 2 aromatic rings. The third-order valence-corrected chi connectivity index (χ3v) is 6.81. The third kappa shape index (κ3) is 14.2. The molecule has 0 bridgehead atoms. The number of unbranched alkanes of at least 4 members (excludes halogenated alkanes) is 4. The molecule has 0 spiro atoms. The van der Waals surface area contributed by atoms with Crippen molar-refractivity contribution < 1.29 is 28.7 Å². The molecule has 2 unspecified atom stereocenters. The topological polar surface area (TPSA) is 114 Å². The van der Waals surface area contributed by atoms with Gasteiger partial charge in [0.25, 0.3) is 0 Å². The summed E-state index contributed by atoms with van der Waals surface area (Å²) in [6, 6.07) is 14.8.